The van der Waals surface area contributed by atoms with Gasteiger partial charge < -0.3 is 15.2 Å². The van der Waals surface area contributed by atoms with E-state index in [-0.39, 0.29) is 45.6 Å². The van der Waals surface area contributed by atoms with E-state index in [2.05, 4.69) is 21.2 Å². The highest BCUT2D eigenvalue weighted by Gasteiger charge is 2.57. The van der Waals surface area contributed by atoms with Crippen LogP contribution < -0.4 is 15.0 Å². The van der Waals surface area contributed by atoms with Gasteiger partial charge in [-0.15, -0.1) is 0 Å². The third kappa shape index (κ3) is 4.42. The maximum atomic E-state index is 14.2. The molecule has 9 heteroatoms. The number of aromatic hydroxyl groups is 1. The molecule has 4 atom stereocenters. The summed E-state index contributed by atoms with van der Waals surface area (Å²) in [6.45, 7) is 0. The number of allylic oxidation sites excluding steroid dienone is 6. The molecule has 0 bridgehead atoms. The van der Waals surface area contributed by atoms with E-state index in [0.717, 1.165) is 16.9 Å². The molecule has 44 heavy (non-hydrogen) atoms. The summed E-state index contributed by atoms with van der Waals surface area (Å²) in [5.74, 6) is -3.47. The van der Waals surface area contributed by atoms with Gasteiger partial charge in [0.1, 0.15) is 11.5 Å². The average molecular weight is 652 g/mol. The number of nitrogens with one attached hydrogen (secondary N) is 1. The Morgan fingerprint density at radius 3 is 2.36 bits per heavy atom. The molecule has 1 aliphatic heterocycles. The van der Waals surface area contributed by atoms with Crippen molar-refractivity contribution in [2.75, 3.05) is 17.3 Å². The number of ketones is 2. The molecule has 0 saturated carbocycles. The Balaban J connectivity index is 1.27. The van der Waals surface area contributed by atoms with Crippen molar-refractivity contribution in [3.05, 3.63) is 112 Å². The van der Waals surface area contributed by atoms with E-state index in [1.54, 1.807) is 24.3 Å². The Morgan fingerprint density at radius 2 is 1.64 bits per heavy atom. The molecule has 3 aliphatic carbocycles. The number of para-hydroxylation sites is 1. The molecule has 7 rings (SSSR count). The van der Waals surface area contributed by atoms with Crippen LogP contribution in [0.3, 0.4) is 0 Å². The summed E-state index contributed by atoms with van der Waals surface area (Å²) in [7, 11) is 1.51. The first-order valence-electron chi connectivity index (χ1n) is 14.3. The van der Waals surface area contributed by atoms with Gasteiger partial charge in [0.25, 0.3) is 0 Å². The molecule has 3 aromatic carbocycles. The van der Waals surface area contributed by atoms with Crippen molar-refractivity contribution in [2.24, 2.45) is 17.8 Å². The summed E-state index contributed by atoms with van der Waals surface area (Å²) < 4.78 is 5.56. The zero-order valence-electron chi connectivity index (χ0n) is 23.6. The zero-order valence-corrected chi connectivity index (χ0v) is 25.2. The van der Waals surface area contributed by atoms with E-state index in [0.29, 0.717) is 29.0 Å². The first-order valence-corrected chi connectivity index (χ1v) is 15.1. The van der Waals surface area contributed by atoms with Gasteiger partial charge in [0.15, 0.2) is 11.6 Å². The predicted molar refractivity (Wildman–Crippen MR) is 168 cm³/mol. The number of nitrogens with zero attached hydrogens (tertiary/aromatic N) is 1. The number of phenolic OH excluding ortho intramolecular Hbond substituents is 1. The quantitative estimate of drug-likeness (QED) is 0.195. The van der Waals surface area contributed by atoms with Crippen molar-refractivity contribution in [3.8, 4) is 11.5 Å². The molecule has 2 N–H and O–H groups in total. The highest BCUT2D eigenvalue weighted by Crippen LogP contribution is 2.56. The molecule has 1 fully saturated rings. The lowest BCUT2D eigenvalue weighted by Crippen LogP contribution is -2.39. The van der Waals surface area contributed by atoms with Gasteiger partial charge in [-0.1, -0.05) is 29.8 Å². The summed E-state index contributed by atoms with van der Waals surface area (Å²) in [4.78, 5) is 56.1. The Hall–Kier alpha value is -4.76. The zero-order chi connectivity index (χ0) is 30.7. The fourth-order valence-corrected chi connectivity index (χ4v) is 7.54. The number of hydrogen-bond acceptors (Lipinski definition) is 7. The fraction of sp³-hybridized carbons (Fsp3) is 0.200. The van der Waals surface area contributed by atoms with Crippen molar-refractivity contribution >= 4 is 56.4 Å². The fourth-order valence-electron chi connectivity index (χ4n) is 7.09. The molecule has 0 spiro atoms. The summed E-state index contributed by atoms with van der Waals surface area (Å²) in [6.07, 6.45) is 3.63. The van der Waals surface area contributed by atoms with Gasteiger partial charge in [0.05, 0.1) is 29.1 Å². The number of methoxy groups -OCH3 is 1. The SMILES string of the molecule is COc1ccc(O)c([C@H]2C3=CC[C@@H]4C(=O)N(c5ccc(Nc6ccccc6)cc5)C(=O)[C@@H]4[C@@H]3CC3=C2C(=O)C=C(Br)C3=O)c1. The molecule has 0 aromatic heterocycles. The summed E-state index contributed by atoms with van der Waals surface area (Å²) in [6, 6.07) is 21.6. The smallest absolute Gasteiger partial charge is 0.238 e. The van der Waals surface area contributed by atoms with Crippen LogP contribution in [-0.2, 0) is 19.2 Å². The number of imide groups is 1. The first kappa shape index (κ1) is 28.0. The third-order valence-electron chi connectivity index (χ3n) is 9.06. The molecular weight excluding hydrogens is 624 g/mol. The second-order valence-electron chi connectivity index (χ2n) is 11.4. The second-order valence-corrected chi connectivity index (χ2v) is 12.2. The topological polar surface area (TPSA) is 113 Å². The van der Waals surface area contributed by atoms with E-state index in [1.807, 2.05) is 48.5 Å². The van der Waals surface area contributed by atoms with Crippen LogP contribution in [0.25, 0.3) is 0 Å². The molecule has 220 valence electrons. The van der Waals surface area contributed by atoms with Crippen molar-refractivity contribution in [1.82, 2.24) is 0 Å². The minimum atomic E-state index is -0.770. The Bertz CT molecular complexity index is 1840. The molecule has 0 unspecified atom stereocenters. The van der Waals surface area contributed by atoms with Gasteiger partial charge in [-0.25, -0.2) is 0 Å². The van der Waals surface area contributed by atoms with Crippen molar-refractivity contribution in [1.29, 1.82) is 0 Å². The van der Waals surface area contributed by atoms with Gasteiger partial charge in [0, 0.05) is 40.1 Å². The van der Waals surface area contributed by atoms with Crippen LogP contribution >= 0.6 is 15.9 Å². The van der Waals surface area contributed by atoms with Crippen molar-refractivity contribution in [2.45, 2.75) is 18.8 Å². The van der Waals surface area contributed by atoms with E-state index < -0.39 is 23.7 Å². The van der Waals surface area contributed by atoms with Crippen LogP contribution in [-0.4, -0.2) is 35.6 Å². The lowest BCUT2D eigenvalue weighted by Gasteiger charge is -2.42. The standard InChI is InChI=1S/C35H27BrN2O6/c1-44-21-11-14-28(39)25(15-21)30-22-12-13-23-31(24(22)16-26-32(30)29(40)17-27(36)33(26)41)35(43)38(34(23)42)20-9-7-19(8-10-20)37-18-5-3-2-4-6-18/h2-12,14-15,17,23-24,30-31,37,39H,13,16H2,1H3/t23-,24+,30+,31-/m0/s1. The van der Waals surface area contributed by atoms with E-state index in [9.17, 15) is 24.3 Å². The van der Waals surface area contributed by atoms with E-state index in [4.69, 9.17) is 4.74 Å². The van der Waals surface area contributed by atoms with E-state index in [1.165, 1.54) is 24.2 Å². The maximum absolute atomic E-state index is 14.2. The monoisotopic (exact) mass is 650 g/mol. The highest BCUT2D eigenvalue weighted by atomic mass is 79.9. The number of rotatable bonds is 5. The average Bonchev–Trinajstić information content (AvgIpc) is 3.29. The highest BCUT2D eigenvalue weighted by molar-refractivity contribution is 9.12. The number of Topliss-reactive ketones (excluding diaryl/α,β-unsaturated/α-hetero) is 1. The number of halogens is 1. The minimum Gasteiger partial charge on any atom is -0.508 e. The number of amides is 2. The molecular formula is C35H27BrN2O6. The minimum absolute atomic E-state index is 0.0557. The summed E-state index contributed by atoms with van der Waals surface area (Å²) in [5.41, 5.74) is 3.96. The van der Waals surface area contributed by atoms with Crippen LogP contribution in [0, 0.1) is 17.8 Å². The normalized spacial score (nSPS) is 24.4. The van der Waals surface area contributed by atoms with Crippen LogP contribution in [0.1, 0.15) is 24.3 Å². The first-order chi connectivity index (χ1) is 21.3. The van der Waals surface area contributed by atoms with Gasteiger partial charge in [-0.2, -0.15) is 0 Å². The Kier molecular flexibility index (Phi) is 6.85. The molecule has 1 saturated heterocycles. The lowest BCUT2D eigenvalue weighted by atomic mass is 9.59. The number of fused-ring (bicyclic) bond motifs is 3. The Morgan fingerprint density at radius 1 is 0.909 bits per heavy atom. The Labute approximate surface area is 261 Å². The number of hydrogen-bond donors (Lipinski definition) is 2. The van der Waals surface area contributed by atoms with Crippen LogP contribution in [0.5, 0.6) is 11.5 Å². The molecule has 0 radical (unpaired) electrons. The van der Waals surface area contributed by atoms with Gasteiger partial charge in [-0.3, -0.25) is 24.1 Å². The number of carbonyl (C=O) groups is 4. The number of carbonyl (C=O) groups excluding carboxylic acids is 4. The lowest BCUT2D eigenvalue weighted by molar-refractivity contribution is -0.123. The molecule has 1 heterocycles. The van der Waals surface area contributed by atoms with Gasteiger partial charge >= 0.3 is 0 Å². The second kappa shape index (κ2) is 10.7. The number of phenols is 1. The summed E-state index contributed by atoms with van der Waals surface area (Å²) in [5, 5.41) is 14.3. The number of benzene rings is 3. The van der Waals surface area contributed by atoms with Crippen molar-refractivity contribution < 1.29 is 29.0 Å². The molecule has 3 aromatic rings. The maximum Gasteiger partial charge on any atom is 0.238 e. The third-order valence-corrected chi connectivity index (χ3v) is 9.65. The molecule has 4 aliphatic rings. The van der Waals surface area contributed by atoms with Gasteiger partial charge in [-0.05, 0) is 89.3 Å². The van der Waals surface area contributed by atoms with Gasteiger partial charge in [0.2, 0.25) is 11.8 Å². The van der Waals surface area contributed by atoms with Crippen LogP contribution in [0.15, 0.2) is 106 Å². The van der Waals surface area contributed by atoms with Crippen LogP contribution in [0.2, 0.25) is 0 Å². The largest absolute Gasteiger partial charge is 0.508 e. The summed E-state index contributed by atoms with van der Waals surface area (Å²) >= 11 is 3.24. The van der Waals surface area contributed by atoms with Crippen molar-refractivity contribution in [3.63, 3.8) is 0 Å². The number of anilines is 3. The molecule has 8 nitrogen and oxygen atoms in total. The predicted octanol–water partition coefficient (Wildman–Crippen LogP) is 6.11. The van der Waals surface area contributed by atoms with Crippen LogP contribution in [0.4, 0.5) is 17.1 Å². The van der Waals surface area contributed by atoms with E-state index >= 15 is 0 Å². The number of ether oxygens (including phenoxy) is 1. The molecule has 2 amide bonds.